The lowest BCUT2D eigenvalue weighted by Gasteiger charge is -2.24. The van der Waals surface area contributed by atoms with E-state index in [9.17, 15) is 5.11 Å². The van der Waals surface area contributed by atoms with Gasteiger partial charge in [-0.2, -0.15) is 0 Å². The minimum absolute atomic E-state index is 0.0451. The van der Waals surface area contributed by atoms with Gasteiger partial charge in [0.25, 0.3) is 0 Å². The summed E-state index contributed by atoms with van der Waals surface area (Å²) in [7, 11) is 0.447. The van der Waals surface area contributed by atoms with Crippen LogP contribution in [0.25, 0.3) is 0 Å². The van der Waals surface area contributed by atoms with Gasteiger partial charge in [-0.15, -0.1) is 11.8 Å². The van der Waals surface area contributed by atoms with Gasteiger partial charge in [-0.3, -0.25) is 0 Å². The van der Waals surface area contributed by atoms with Gasteiger partial charge < -0.3 is 10.4 Å². The first kappa shape index (κ1) is 18.9. The molecule has 0 heterocycles. The standard InChI is InChI=1S/C20H29NOSSi/c1-20(2,3)18-13-16(9-12-19(18)22)23-14-24(5,6)17-10-7-15(21-4)8-11-17/h7-13,21-22H,14H2,1-6H3. The van der Waals surface area contributed by atoms with Crippen molar-refractivity contribution in [3.63, 3.8) is 0 Å². The fraction of sp³-hybridized carbons (Fsp3) is 0.400. The molecule has 2 aromatic rings. The number of hydrogen-bond donors (Lipinski definition) is 2. The van der Waals surface area contributed by atoms with Gasteiger partial charge in [0, 0.05) is 23.2 Å². The second-order valence-corrected chi connectivity index (χ2v) is 14.2. The molecule has 2 N–H and O–H groups in total. The Bertz CT molecular complexity index is 690. The molecule has 0 radical (unpaired) electrons. The van der Waals surface area contributed by atoms with E-state index in [1.807, 2.05) is 30.9 Å². The number of hydrogen-bond acceptors (Lipinski definition) is 3. The normalized spacial score (nSPS) is 12.2. The molecule has 0 aliphatic rings. The van der Waals surface area contributed by atoms with E-state index in [1.54, 1.807) is 0 Å². The molecule has 2 aromatic carbocycles. The maximum Gasteiger partial charge on any atom is 0.119 e. The highest BCUT2D eigenvalue weighted by atomic mass is 32.2. The molecule has 0 atom stereocenters. The number of benzene rings is 2. The summed E-state index contributed by atoms with van der Waals surface area (Å²) in [5.41, 5.74) is 2.13. The maximum absolute atomic E-state index is 10.1. The van der Waals surface area contributed by atoms with Crippen LogP contribution in [0.1, 0.15) is 26.3 Å². The molecule has 2 nitrogen and oxygen atoms in total. The van der Waals surface area contributed by atoms with Crippen molar-refractivity contribution >= 4 is 30.7 Å². The van der Waals surface area contributed by atoms with Gasteiger partial charge in [-0.05, 0) is 41.1 Å². The third-order valence-electron chi connectivity index (χ3n) is 4.33. The summed E-state index contributed by atoms with van der Waals surface area (Å²) in [5, 5.41) is 15.9. The quantitative estimate of drug-likeness (QED) is 0.583. The highest BCUT2D eigenvalue weighted by molar-refractivity contribution is 8.01. The van der Waals surface area contributed by atoms with Crippen molar-refractivity contribution in [2.24, 2.45) is 0 Å². The summed E-state index contributed by atoms with van der Waals surface area (Å²) >= 11 is 1.91. The first-order valence-electron chi connectivity index (χ1n) is 8.38. The Labute approximate surface area is 151 Å². The summed E-state index contributed by atoms with van der Waals surface area (Å²) in [6.07, 6.45) is 0. The van der Waals surface area contributed by atoms with E-state index in [-0.39, 0.29) is 5.41 Å². The molecular formula is C20H29NOSSi. The topological polar surface area (TPSA) is 32.3 Å². The first-order valence-corrected chi connectivity index (χ1v) is 12.6. The predicted octanol–water partition coefficient (Wildman–Crippen LogP) is 4.98. The zero-order valence-electron chi connectivity index (χ0n) is 15.6. The average molecular weight is 360 g/mol. The van der Waals surface area contributed by atoms with Gasteiger partial charge >= 0.3 is 0 Å². The SMILES string of the molecule is CNc1ccc([Si](C)(C)CSc2ccc(O)c(C(C)(C)C)c2)cc1. The van der Waals surface area contributed by atoms with Gasteiger partial charge in [-0.25, -0.2) is 0 Å². The second kappa shape index (κ2) is 7.24. The zero-order valence-corrected chi connectivity index (χ0v) is 17.4. The van der Waals surface area contributed by atoms with E-state index in [4.69, 9.17) is 0 Å². The van der Waals surface area contributed by atoms with Crippen molar-refractivity contribution in [2.45, 2.75) is 44.2 Å². The third-order valence-corrected chi connectivity index (χ3v) is 10.3. The molecule has 0 aromatic heterocycles. The molecule has 0 saturated heterocycles. The van der Waals surface area contributed by atoms with Crippen LogP contribution in [0, 0.1) is 0 Å². The van der Waals surface area contributed by atoms with Crippen molar-refractivity contribution in [2.75, 3.05) is 17.7 Å². The molecular weight excluding hydrogens is 330 g/mol. The van der Waals surface area contributed by atoms with E-state index in [0.717, 1.165) is 16.6 Å². The lowest BCUT2D eigenvalue weighted by Crippen LogP contribution is -2.44. The Kier molecular flexibility index (Phi) is 5.71. The van der Waals surface area contributed by atoms with Gasteiger partial charge in [0.05, 0.1) is 8.07 Å². The lowest BCUT2D eigenvalue weighted by molar-refractivity contribution is 0.446. The lowest BCUT2D eigenvalue weighted by atomic mass is 9.86. The third kappa shape index (κ3) is 4.58. The smallest absolute Gasteiger partial charge is 0.119 e. The molecule has 4 heteroatoms. The number of anilines is 1. The summed E-state index contributed by atoms with van der Waals surface area (Å²) in [6, 6.07) is 14.9. The molecule has 0 fully saturated rings. The molecule has 24 heavy (non-hydrogen) atoms. The molecule has 0 aliphatic carbocycles. The number of phenols is 1. The van der Waals surface area contributed by atoms with E-state index < -0.39 is 8.07 Å². The second-order valence-electron chi connectivity index (χ2n) is 7.93. The number of nitrogens with one attached hydrogen (secondary N) is 1. The van der Waals surface area contributed by atoms with E-state index in [2.05, 4.69) is 69.5 Å². The first-order chi connectivity index (χ1) is 11.1. The van der Waals surface area contributed by atoms with Crippen LogP contribution in [0.4, 0.5) is 5.69 Å². The number of thioether (sulfide) groups is 1. The number of phenolic OH excluding ortho intramolecular Hbond substituents is 1. The molecule has 0 bridgehead atoms. The van der Waals surface area contributed by atoms with Crippen LogP contribution < -0.4 is 10.5 Å². The van der Waals surface area contributed by atoms with Crippen molar-refractivity contribution in [1.82, 2.24) is 0 Å². The highest BCUT2D eigenvalue weighted by Crippen LogP contribution is 2.34. The Morgan fingerprint density at radius 1 is 1.04 bits per heavy atom. The van der Waals surface area contributed by atoms with Crippen molar-refractivity contribution in [3.05, 3.63) is 48.0 Å². The average Bonchev–Trinajstić information content (AvgIpc) is 2.53. The monoisotopic (exact) mass is 359 g/mol. The van der Waals surface area contributed by atoms with Crippen LogP contribution in [0.2, 0.25) is 13.1 Å². The van der Waals surface area contributed by atoms with Crippen LogP contribution in [-0.2, 0) is 5.41 Å². The van der Waals surface area contributed by atoms with Crippen LogP contribution in [0.15, 0.2) is 47.4 Å². The van der Waals surface area contributed by atoms with Gasteiger partial charge in [0.15, 0.2) is 0 Å². The summed E-state index contributed by atoms with van der Waals surface area (Å²) in [4.78, 5) is 1.24. The fourth-order valence-electron chi connectivity index (χ4n) is 2.64. The molecule has 2 rings (SSSR count). The minimum Gasteiger partial charge on any atom is -0.508 e. The molecule has 0 unspecified atom stereocenters. The maximum atomic E-state index is 10.1. The van der Waals surface area contributed by atoms with Crippen molar-refractivity contribution in [3.8, 4) is 5.75 Å². The Hall–Kier alpha value is -1.39. The predicted molar refractivity (Wildman–Crippen MR) is 111 cm³/mol. The van der Waals surface area contributed by atoms with Crippen molar-refractivity contribution in [1.29, 1.82) is 0 Å². The molecule has 0 amide bonds. The summed E-state index contributed by atoms with van der Waals surface area (Å²) in [6.45, 7) is 11.2. The molecule has 0 spiro atoms. The highest BCUT2D eigenvalue weighted by Gasteiger charge is 2.24. The molecule has 130 valence electrons. The zero-order chi connectivity index (χ0) is 18.0. The largest absolute Gasteiger partial charge is 0.508 e. The van der Waals surface area contributed by atoms with Crippen LogP contribution in [-0.4, -0.2) is 25.6 Å². The fourth-order valence-corrected chi connectivity index (χ4v) is 6.85. The van der Waals surface area contributed by atoms with E-state index in [0.29, 0.717) is 5.75 Å². The van der Waals surface area contributed by atoms with Gasteiger partial charge in [-0.1, -0.05) is 51.2 Å². The van der Waals surface area contributed by atoms with E-state index >= 15 is 0 Å². The molecule has 0 aliphatic heterocycles. The summed E-state index contributed by atoms with van der Waals surface area (Å²) < 4.78 is 0. The van der Waals surface area contributed by atoms with E-state index in [1.165, 1.54) is 10.1 Å². The van der Waals surface area contributed by atoms with Crippen LogP contribution in [0.5, 0.6) is 5.75 Å². The van der Waals surface area contributed by atoms with Gasteiger partial charge in [0.1, 0.15) is 5.75 Å². The number of aromatic hydroxyl groups is 1. The Morgan fingerprint density at radius 3 is 2.21 bits per heavy atom. The summed E-state index contributed by atoms with van der Waals surface area (Å²) in [5.74, 6) is 0.394. The van der Waals surface area contributed by atoms with Crippen LogP contribution in [0.3, 0.4) is 0 Å². The minimum atomic E-state index is -1.50. The van der Waals surface area contributed by atoms with Crippen molar-refractivity contribution < 1.29 is 5.11 Å². The van der Waals surface area contributed by atoms with Gasteiger partial charge in [0.2, 0.25) is 0 Å². The molecule has 0 saturated carbocycles. The Morgan fingerprint density at radius 2 is 1.67 bits per heavy atom. The Balaban J connectivity index is 2.14. The van der Waals surface area contributed by atoms with Crippen LogP contribution >= 0.6 is 11.8 Å². The number of rotatable bonds is 5.